The van der Waals surface area contributed by atoms with Crippen LogP contribution < -0.4 is 16.6 Å². The third kappa shape index (κ3) is 1.98. The number of nitrogens with one attached hydrogen (secondary N) is 1. The van der Waals surface area contributed by atoms with Crippen LogP contribution in [0.4, 0.5) is 5.82 Å². The minimum absolute atomic E-state index is 0.110. The fraction of sp³-hybridized carbons (Fsp3) is 0.143. The van der Waals surface area contributed by atoms with Crippen molar-refractivity contribution in [3.8, 4) is 0 Å². The number of hydrogen-bond donors (Lipinski definition) is 1. The molecule has 2 aliphatic rings. The van der Waals surface area contributed by atoms with Crippen LogP contribution in [0.15, 0.2) is 64.0 Å². The highest BCUT2D eigenvalue weighted by atomic mass is 16.2. The van der Waals surface area contributed by atoms with Crippen molar-refractivity contribution in [3.63, 3.8) is 0 Å². The number of aromatic nitrogens is 3. The zero-order valence-electron chi connectivity index (χ0n) is 15.3. The Bertz CT molecular complexity index is 1320. The summed E-state index contributed by atoms with van der Waals surface area (Å²) < 4.78 is 2.49. The molecule has 1 aliphatic carbocycles. The van der Waals surface area contributed by atoms with Crippen LogP contribution in [-0.4, -0.2) is 19.9 Å². The number of allylic oxidation sites excluding steroid dienone is 1. The van der Waals surface area contributed by atoms with Crippen LogP contribution in [0, 0.1) is 0 Å². The number of pyridine rings is 1. The maximum atomic E-state index is 13.3. The van der Waals surface area contributed by atoms with Gasteiger partial charge in [0.15, 0.2) is 5.78 Å². The van der Waals surface area contributed by atoms with E-state index in [1.54, 1.807) is 37.6 Å². The Morgan fingerprint density at radius 3 is 2.32 bits per heavy atom. The normalized spacial score (nSPS) is 17.1. The maximum Gasteiger partial charge on any atom is 0.332 e. The summed E-state index contributed by atoms with van der Waals surface area (Å²) in [5, 5.41) is 3.22. The molecule has 7 nitrogen and oxygen atoms in total. The summed E-state index contributed by atoms with van der Waals surface area (Å²) in [6.45, 7) is 0. The average molecular weight is 372 g/mol. The first-order valence-corrected chi connectivity index (χ1v) is 8.86. The Morgan fingerprint density at radius 2 is 1.61 bits per heavy atom. The van der Waals surface area contributed by atoms with Crippen molar-refractivity contribution >= 4 is 17.3 Å². The molecule has 0 bridgehead atoms. The highest BCUT2D eigenvalue weighted by Gasteiger charge is 2.42. The standard InChI is InChI=1S/C21H16N4O3/c1-24-19-16(20(27)25(2)21(24)28)14(11-7-9-22-10-8-11)15-17(23-19)12-5-3-4-6-13(12)18(15)26/h3-10,14,23H,1-2H3. The highest BCUT2D eigenvalue weighted by Crippen LogP contribution is 2.47. The number of ketones is 1. The highest BCUT2D eigenvalue weighted by molar-refractivity contribution is 6.23. The van der Waals surface area contributed by atoms with Crippen molar-refractivity contribution in [2.75, 3.05) is 5.32 Å². The van der Waals surface area contributed by atoms with E-state index >= 15 is 0 Å². The summed E-state index contributed by atoms with van der Waals surface area (Å²) in [6, 6.07) is 10.9. The number of nitrogens with zero attached hydrogens (tertiary/aromatic N) is 3. The summed E-state index contributed by atoms with van der Waals surface area (Å²) in [6.07, 6.45) is 3.27. The predicted molar refractivity (Wildman–Crippen MR) is 104 cm³/mol. The van der Waals surface area contributed by atoms with Crippen LogP contribution in [0.1, 0.15) is 33.0 Å². The van der Waals surface area contributed by atoms with E-state index in [9.17, 15) is 14.4 Å². The van der Waals surface area contributed by atoms with E-state index in [1.807, 2.05) is 18.2 Å². The number of Topliss-reactive ketones (excluding diaryl/α,β-unsaturated/α-hetero) is 1. The summed E-state index contributed by atoms with van der Waals surface area (Å²) in [7, 11) is 3.06. The monoisotopic (exact) mass is 372 g/mol. The number of hydrogen-bond acceptors (Lipinski definition) is 5. The fourth-order valence-corrected chi connectivity index (χ4v) is 4.15. The average Bonchev–Trinajstić information content (AvgIpc) is 3.02. The van der Waals surface area contributed by atoms with Crippen LogP contribution in [0.25, 0.3) is 5.70 Å². The van der Waals surface area contributed by atoms with Crippen LogP contribution in [0.3, 0.4) is 0 Å². The molecular formula is C21H16N4O3. The van der Waals surface area contributed by atoms with Gasteiger partial charge in [0.05, 0.1) is 11.3 Å². The lowest BCUT2D eigenvalue weighted by atomic mass is 9.82. The molecular weight excluding hydrogens is 356 g/mol. The van der Waals surface area contributed by atoms with Crippen molar-refractivity contribution in [1.82, 2.24) is 14.1 Å². The van der Waals surface area contributed by atoms with Gasteiger partial charge in [0.2, 0.25) is 0 Å². The number of fused-ring (bicyclic) bond motifs is 3. The molecule has 1 atom stereocenters. The molecule has 2 aromatic heterocycles. The number of carbonyl (C=O) groups is 1. The smallest absolute Gasteiger partial charge is 0.332 e. The lowest BCUT2D eigenvalue weighted by Gasteiger charge is -2.29. The first kappa shape index (κ1) is 16.4. The Labute approximate surface area is 159 Å². The van der Waals surface area contributed by atoms with Gasteiger partial charge in [-0.15, -0.1) is 0 Å². The second-order valence-electron chi connectivity index (χ2n) is 6.97. The minimum atomic E-state index is -0.584. The quantitative estimate of drug-likeness (QED) is 0.702. The summed E-state index contributed by atoms with van der Waals surface area (Å²) >= 11 is 0. The van der Waals surface area contributed by atoms with E-state index in [0.717, 1.165) is 15.7 Å². The lowest BCUT2D eigenvalue weighted by Crippen LogP contribution is -2.42. The van der Waals surface area contributed by atoms with Crippen molar-refractivity contribution < 1.29 is 4.79 Å². The van der Waals surface area contributed by atoms with E-state index in [2.05, 4.69) is 10.3 Å². The van der Waals surface area contributed by atoms with Crippen LogP contribution in [-0.2, 0) is 14.1 Å². The minimum Gasteiger partial charge on any atom is -0.340 e. The van der Waals surface area contributed by atoms with Crippen LogP contribution in [0.2, 0.25) is 0 Å². The second kappa shape index (κ2) is 5.63. The molecule has 0 fully saturated rings. The zero-order valence-corrected chi connectivity index (χ0v) is 15.3. The molecule has 1 N–H and O–H groups in total. The largest absolute Gasteiger partial charge is 0.340 e. The Kier molecular flexibility index (Phi) is 3.30. The van der Waals surface area contributed by atoms with Gasteiger partial charge >= 0.3 is 5.69 Å². The molecule has 0 saturated carbocycles. The Hall–Kier alpha value is -3.74. The van der Waals surface area contributed by atoms with Gasteiger partial charge in [0, 0.05) is 49.1 Å². The maximum absolute atomic E-state index is 13.3. The topological polar surface area (TPSA) is 86.0 Å². The number of rotatable bonds is 1. The first-order chi connectivity index (χ1) is 13.5. The van der Waals surface area contributed by atoms with Crippen LogP contribution >= 0.6 is 0 Å². The van der Waals surface area contributed by atoms with Gasteiger partial charge < -0.3 is 5.32 Å². The molecule has 3 heterocycles. The predicted octanol–water partition coefficient (Wildman–Crippen LogP) is 1.64. The Balaban J connectivity index is 1.90. The Morgan fingerprint density at radius 1 is 0.929 bits per heavy atom. The molecule has 138 valence electrons. The molecule has 7 heteroatoms. The molecule has 5 rings (SSSR count). The van der Waals surface area contributed by atoms with Crippen molar-refractivity contribution in [1.29, 1.82) is 0 Å². The third-order valence-electron chi connectivity index (χ3n) is 5.51. The second-order valence-corrected chi connectivity index (χ2v) is 6.97. The van der Waals surface area contributed by atoms with Gasteiger partial charge in [-0.25, -0.2) is 4.79 Å². The van der Waals surface area contributed by atoms with Gasteiger partial charge in [-0.1, -0.05) is 24.3 Å². The van der Waals surface area contributed by atoms with Gasteiger partial charge in [0.25, 0.3) is 5.56 Å². The van der Waals surface area contributed by atoms with Gasteiger partial charge in [-0.2, -0.15) is 0 Å². The molecule has 0 saturated heterocycles. The number of benzene rings is 1. The molecule has 0 amide bonds. The van der Waals surface area contributed by atoms with E-state index in [4.69, 9.17) is 0 Å². The van der Waals surface area contributed by atoms with E-state index in [-0.39, 0.29) is 5.78 Å². The van der Waals surface area contributed by atoms with E-state index in [1.165, 1.54) is 11.6 Å². The zero-order chi connectivity index (χ0) is 19.6. The van der Waals surface area contributed by atoms with Gasteiger partial charge in [-0.05, 0) is 17.7 Å². The molecule has 1 aromatic carbocycles. The van der Waals surface area contributed by atoms with Gasteiger partial charge in [0.1, 0.15) is 5.82 Å². The van der Waals surface area contributed by atoms with Gasteiger partial charge in [-0.3, -0.25) is 23.7 Å². The van der Waals surface area contributed by atoms with Crippen molar-refractivity contribution in [3.05, 3.63) is 97.5 Å². The number of anilines is 1. The van der Waals surface area contributed by atoms with E-state index < -0.39 is 17.2 Å². The number of carbonyl (C=O) groups excluding carboxylic acids is 1. The third-order valence-corrected chi connectivity index (χ3v) is 5.51. The van der Waals surface area contributed by atoms with Crippen LogP contribution in [0.5, 0.6) is 0 Å². The summed E-state index contributed by atoms with van der Waals surface area (Å²) in [5.74, 6) is -0.278. The molecule has 3 aromatic rings. The van der Waals surface area contributed by atoms with Crippen molar-refractivity contribution in [2.45, 2.75) is 5.92 Å². The molecule has 0 spiro atoms. The summed E-state index contributed by atoms with van der Waals surface area (Å²) in [4.78, 5) is 42.9. The molecule has 1 unspecified atom stereocenters. The fourth-order valence-electron chi connectivity index (χ4n) is 4.15. The van der Waals surface area contributed by atoms with E-state index in [0.29, 0.717) is 28.2 Å². The molecule has 0 radical (unpaired) electrons. The SMILES string of the molecule is Cn1c2c(c(=O)n(C)c1=O)C(c1ccncc1)C1=C(N2)c2ccccc2C1=O. The van der Waals surface area contributed by atoms with Crippen molar-refractivity contribution in [2.24, 2.45) is 14.1 Å². The summed E-state index contributed by atoms with van der Waals surface area (Å²) in [5.41, 5.74) is 2.87. The molecule has 28 heavy (non-hydrogen) atoms. The lowest BCUT2D eigenvalue weighted by molar-refractivity contribution is 0.103. The molecule has 1 aliphatic heterocycles. The first-order valence-electron chi connectivity index (χ1n) is 8.86.